The first kappa shape index (κ1) is 28.4. The molecule has 0 heterocycles. The van der Waals surface area contributed by atoms with Crippen LogP contribution in [-0.2, 0) is 11.4 Å². The number of ether oxygens (including phenoxy) is 4. The first-order valence-electron chi connectivity index (χ1n) is 12.3. The maximum absolute atomic E-state index is 12.5. The lowest BCUT2D eigenvalue weighted by atomic mass is 10.2. The average molecular weight is 603 g/mol. The monoisotopic (exact) mass is 602 g/mol. The van der Waals surface area contributed by atoms with Crippen molar-refractivity contribution in [3.8, 4) is 23.0 Å². The van der Waals surface area contributed by atoms with Crippen LogP contribution in [-0.4, -0.2) is 31.3 Å². The van der Waals surface area contributed by atoms with Gasteiger partial charge in [-0.05, 0) is 78.7 Å². The molecule has 1 unspecified atom stereocenters. The quantitative estimate of drug-likeness (QED) is 0.0954. The third-order valence-corrected chi connectivity index (χ3v) is 6.09. The average Bonchev–Trinajstić information content (AvgIpc) is 2.97. The van der Waals surface area contributed by atoms with Crippen molar-refractivity contribution < 1.29 is 28.5 Å². The number of nitrogens with zero attached hydrogens (tertiary/aromatic N) is 1. The Labute approximate surface area is 240 Å². The fourth-order valence-corrected chi connectivity index (χ4v) is 3.90. The van der Waals surface area contributed by atoms with Gasteiger partial charge in [0, 0.05) is 4.47 Å². The van der Waals surface area contributed by atoms with Crippen LogP contribution in [0.5, 0.6) is 23.0 Å². The van der Waals surface area contributed by atoms with Gasteiger partial charge in [0.05, 0.1) is 18.9 Å². The molecule has 0 aliphatic carbocycles. The van der Waals surface area contributed by atoms with E-state index in [4.69, 9.17) is 18.9 Å². The predicted molar refractivity (Wildman–Crippen MR) is 155 cm³/mol. The first-order valence-corrected chi connectivity index (χ1v) is 13.1. The van der Waals surface area contributed by atoms with Crippen LogP contribution in [0.4, 0.5) is 0 Å². The number of benzene rings is 4. The SMILES string of the molecule is COc1cc(/C=N/NC(=O)C(C)Oc2ccc(OCc3ccccc3)cc2)ccc1OC(=O)c1cccc(Br)c1. The normalized spacial score (nSPS) is 11.5. The fraction of sp³-hybridized carbons (Fsp3) is 0.129. The summed E-state index contributed by atoms with van der Waals surface area (Å²) in [5.74, 6) is 0.876. The lowest BCUT2D eigenvalue weighted by Gasteiger charge is -2.13. The minimum absolute atomic E-state index is 0.257. The Morgan fingerprint density at radius 3 is 2.38 bits per heavy atom. The van der Waals surface area contributed by atoms with E-state index < -0.39 is 18.0 Å². The molecular weight excluding hydrogens is 576 g/mol. The number of rotatable bonds is 11. The summed E-state index contributed by atoms with van der Waals surface area (Å²) in [5, 5.41) is 4.00. The van der Waals surface area contributed by atoms with Gasteiger partial charge in [0.15, 0.2) is 17.6 Å². The van der Waals surface area contributed by atoms with Crippen LogP contribution >= 0.6 is 15.9 Å². The summed E-state index contributed by atoms with van der Waals surface area (Å²) in [4.78, 5) is 24.9. The minimum atomic E-state index is -0.789. The summed E-state index contributed by atoms with van der Waals surface area (Å²) in [6.07, 6.45) is 0.661. The number of halogens is 1. The number of methoxy groups -OCH3 is 1. The number of hydrazone groups is 1. The molecule has 0 radical (unpaired) electrons. The van der Waals surface area contributed by atoms with E-state index in [2.05, 4.69) is 26.5 Å². The molecule has 0 aliphatic rings. The van der Waals surface area contributed by atoms with E-state index in [0.29, 0.717) is 35.0 Å². The third kappa shape index (κ3) is 8.18. The molecule has 0 aliphatic heterocycles. The summed E-state index contributed by atoms with van der Waals surface area (Å²) in [6, 6.07) is 28.7. The van der Waals surface area contributed by atoms with E-state index in [-0.39, 0.29) is 5.75 Å². The smallest absolute Gasteiger partial charge is 0.343 e. The van der Waals surface area contributed by atoms with E-state index >= 15 is 0 Å². The van der Waals surface area contributed by atoms with E-state index in [1.807, 2.05) is 36.4 Å². The minimum Gasteiger partial charge on any atom is -0.493 e. The highest BCUT2D eigenvalue weighted by atomic mass is 79.9. The van der Waals surface area contributed by atoms with Crippen LogP contribution in [0.15, 0.2) is 107 Å². The number of hydrogen-bond donors (Lipinski definition) is 1. The highest BCUT2D eigenvalue weighted by Crippen LogP contribution is 2.28. The Morgan fingerprint density at radius 2 is 1.65 bits per heavy atom. The molecule has 1 amide bonds. The first-order chi connectivity index (χ1) is 19.4. The lowest BCUT2D eigenvalue weighted by Crippen LogP contribution is -2.33. The summed E-state index contributed by atoms with van der Waals surface area (Å²) < 4.78 is 23.1. The Kier molecular flexibility index (Phi) is 9.90. The molecule has 0 bridgehead atoms. The molecule has 40 heavy (non-hydrogen) atoms. The largest absolute Gasteiger partial charge is 0.493 e. The number of carbonyl (C=O) groups is 2. The van der Waals surface area contributed by atoms with Gasteiger partial charge in [0.1, 0.15) is 18.1 Å². The van der Waals surface area contributed by atoms with E-state index in [1.165, 1.54) is 13.3 Å². The molecule has 8 nitrogen and oxygen atoms in total. The highest BCUT2D eigenvalue weighted by Gasteiger charge is 2.15. The summed E-state index contributed by atoms with van der Waals surface area (Å²) in [7, 11) is 1.47. The highest BCUT2D eigenvalue weighted by molar-refractivity contribution is 9.10. The van der Waals surface area contributed by atoms with Crippen LogP contribution in [0.1, 0.15) is 28.4 Å². The topological polar surface area (TPSA) is 95.5 Å². The zero-order valence-electron chi connectivity index (χ0n) is 21.9. The van der Waals surface area contributed by atoms with Gasteiger partial charge in [-0.1, -0.05) is 52.3 Å². The molecule has 4 aromatic rings. The zero-order chi connectivity index (χ0) is 28.3. The van der Waals surface area contributed by atoms with Gasteiger partial charge < -0.3 is 18.9 Å². The summed E-state index contributed by atoms with van der Waals surface area (Å²) in [5.41, 5.74) is 4.56. The van der Waals surface area contributed by atoms with Crippen molar-refractivity contribution in [2.24, 2.45) is 5.10 Å². The van der Waals surface area contributed by atoms with Crippen molar-refractivity contribution in [3.63, 3.8) is 0 Å². The molecule has 0 aromatic heterocycles. The number of carbonyl (C=O) groups excluding carboxylic acids is 2. The molecule has 0 fully saturated rings. The van der Waals surface area contributed by atoms with Gasteiger partial charge >= 0.3 is 5.97 Å². The molecule has 1 N–H and O–H groups in total. The Balaban J connectivity index is 1.27. The third-order valence-electron chi connectivity index (χ3n) is 5.59. The second-order valence-electron chi connectivity index (χ2n) is 8.55. The Bertz CT molecular complexity index is 1480. The molecule has 4 rings (SSSR count). The second-order valence-corrected chi connectivity index (χ2v) is 9.47. The molecule has 0 saturated heterocycles. The van der Waals surface area contributed by atoms with E-state index in [0.717, 1.165) is 10.0 Å². The number of nitrogens with one attached hydrogen (secondary N) is 1. The summed E-state index contributed by atoms with van der Waals surface area (Å²) in [6.45, 7) is 2.09. The van der Waals surface area contributed by atoms with Crippen LogP contribution in [0.2, 0.25) is 0 Å². The van der Waals surface area contributed by atoms with Crippen molar-refractivity contribution in [3.05, 3.63) is 118 Å². The van der Waals surface area contributed by atoms with Gasteiger partial charge in [-0.15, -0.1) is 0 Å². The van der Waals surface area contributed by atoms with Gasteiger partial charge in [0.25, 0.3) is 5.91 Å². The van der Waals surface area contributed by atoms with Crippen LogP contribution in [0.25, 0.3) is 0 Å². The van der Waals surface area contributed by atoms with Crippen LogP contribution < -0.4 is 24.4 Å². The van der Waals surface area contributed by atoms with Crippen molar-refractivity contribution >= 4 is 34.0 Å². The Hall–Kier alpha value is -4.63. The fourth-order valence-electron chi connectivity index (χ4n) is 3.50. The predicted octanol–water partition coefficient (Wildman–Crippen LogP) is 6.17. The van der Waals surface area contributed by atoms with Crippen molar-refractivity contribution in [2.45, 2.75) is 19.6 Å². The van der Waals surface area contributed by atoms with Gasteiger partial charge in [-0.25, -0.2) is 10.2 Å². The van der Waals surface area contributed by atoms with Crippen LogP contribution in [0.3, 0.4) is 0 Å². The standard InChI is InChI=1S/C31H27BrN2O6/c1-21(39-27-14-12-26(13-15-27)38-20-22-7-4-3-5-8-22)30(35)34-33-19-23-11-16-28(29(17-23)37-2)40-31(36)24-9-6-10-25(32)18-24/h3-19,21H,20H2,1-2H3,(H,34,35)/b33-19+. The lowest BCUT2D eigenvalue weighted by molar-refractivity contribution is -0.127. The van der Waals surface area contributed by atoms with Gasteiger partial charge in [0.2, 0.25) is 0 Å². The number of esters is 1. The summed E-state index contributed by atoms with van der Waals surface area (Å²) >= 11 is 3.34. The molecule has 1 atom stereocenters. The maximum atomic E-state index is 12.5. The van der Waals surface area contributed by atoms with Crippen molar-refractivity contribution in [1.29, 1.82) is 0 Å². The molecular formula is C31H27BrN2O6. The van der Waals surface area contributed by atoms with Gasteiger partial charge in [-0.3, -0.25) is 4.79 Å². The van der Waals surface area contributed by atoms with E-state index in [1.54, 1.807) is 67.6 Å². The maximum Gasteiger partial charge on any atom is 0.343 e. The van der Waals surface area contributed by atoms with Crippen molar-refractivity contribution in [1.82, 2.24) is 5.43 Å². The number of hydrogen-bond acceptors (Lipinski definition) is 7. The molecule has 9 heteroatoms. The van der Waals surface area contributed by atoms with E-state index in [9.17, 15) is 9.59 Å². The second kappa shape index (κ2) is 14.0. The van der Waals surface area contributed by atoms with Crippen LogP contribution in [0, 0.1) is 0 Å². The zero-order valence-corrected chi connectivity index (χ0v) is 23.5. The molecule has 4 aromatic carbocycles. The number of amides is 1. The molecule has 204 valence electrons. The molecule has 0 saturated carbocycles. The molecule has 0 spiro atoms. The Morgan fingerprint density at radius 1 is 0.900 bits per heavy atom. The van der Waals surface area contributed by atoms with Crippen molar-refractivity contribution in [2.75, 3.05) is 7.11 Å². The van der Waals surface area contributed by atoms with Gasteiger partial charge in [-0.2, -0.15) is 5.10 Å².